The molecule has 0 saturated heterocycles. The number of hydrogen-bond acceptors (Lipinski definition) is 1. The molecular formula is C13H15ClO. The molecule has 0 atom stereocenters. The standard InChI is InChI=1S/C13H15ClO/c1-2-5-13(6-7-13)12-8-11(14)4-3-10(12)9-15/h3-4,8-9H,2,5-7H2,1H3. The lowest BCUT2D eigenvalue weighted by Crippen LogP contribution is -2.09. The highest BCUT2D eigenvalue weighted by atomic mass is 35.5. The number of hydrogen-bond donors (Lipinski definition) is 0. The van der Waals surface area contributed by atoms with Gasteiger partial charge in [0.2, 0.25) is 0 Å². The highest BCUT2D eigenvalue weighted by Crippen LogP contribution is 2.52. The molecule has 0 aromatic heterocycles. The van der Waals surface area contributed by atoms with Gasteiger partial charge < -0.3 is 0 Å². The van der Waals surface area contributed by atoms with Crippen molar-refractivity contribution in [3.63, 3.8) is 0 Å². The van der Waals surface area contributed by atoms with Crippen molar-refractivity contribution in [1.82, 2.24) is 0 Å². The molecule has 1 aromatic carbocycles. The molecule has 0 bridgehead atoms. The molecule has 0 radical (unpaired) electrons. The van der Waals surface area contributed by atoms with Crippen molar-refractivity contribution in [3.05, 3.63) is 34.3 Å². The van der Waals surface area contributed by atoms with Crippen LogP contribution in [0.3, 0.4) is 0 Å². The number of aldehydes is 1. The minimum atomic E-state index is 0.260. The zero-order valence-electron chi connectivity index (χ0n) is 8.92. The topological polar surface area (TPSA) is 17.1 Å². The Morgan fingerprint density at radius 2 is 2.20 bits per heavy atom. The summed E-state index contributed by atoms with van der Waals surface area (Å²) in [7, 11) is 0. The number of rotatable bonds is 4. The zero-order valence-corrected chi connectivity index (χ0v) is 9.68. The van der Waals surface area contributed by atoms with E-state index < -0.39 is 0 Å². The maximum Gasteiger partial charge on any atom is 0.150 e. The van der Waals surface area contributed by atoms with E-state index in [2.05, 4.69) is 6.92 Å². The van der Waals surface area contributed by atoms with E-state index in [1.54, 1.807) is 6.07 Å². The minimum Gasteiger partial charge on any atom is -0.298 e. The molecule has 1 aliphatic rings. The van der Waals surface area contributed by atoms with Gasteiger partial charge in [-0.3, -0.25) is 4.79 Å². The molecule has 0 heterocycles. The van der Waals surface area contributed by atoms with Crippen LogP contribution in [0.4, 0.5) is 0 Å². The van der Waals surface area contributed by atoms with Crippen LogP contribution in [0.2, 0.25) is 5.02 Å². The number of carbonyl (C=O) groups is 1. The first-order chi connectivity index (χ1) is 7.22. The second-order valence-electron chi connectivity index (χ2n) is 4.38. The molecule has 1 aromatic rings. The summed E-state index contributed by atoms with van der Waals surface area (Å²) in [4.78, 5) is 11.0. The third kappa shape index (κ3) is 1.93. The Bertz CT molecular complexity index is 380. The Morgan fingerprint density at radius 3 is 2.73 bits per heavy atom. The van der Waals surface area contributed by atoms with Gasteiger partial charge in [0.15, 0.2) is 0 Å². The fourth-order valence-electron chi connectivity index (χ4n) is 2.37. The van der Waals surface area contributed by atoms with Gasteiger partial charge in [-0.2, -0.15) is 0 Å². The first-order valence-corrected chi connectivity index (χ1v) is 5.85. The molecule has 0 amide bonds. The van der Waals surface area contributed by atoms with Crippen LogP contribution in [0, 0.1) is 0 Å². The third-order valence-corrected chi connectivity index (χ3v) is 3.53. The van der Waals surface area contributed by atoms with Gasteiger partial charge in [0.1, 0.15) is 6.29 Å². The monoisotopic (exact) mass is 222 g/mol. The molecule has 80 valence electrons. The summed E-state index contributed by atoms with van der Waals surface area (Å²) >= 11 is 5.99. The zero-order chi connectivity index (χ0) is 10.9. The summed E-state index contributed by atoms with van der Waals surface area (Å²) in [5, 5.41) is 0.734. The lowest BCUT2D eigenvalue weighted by molar-refractivity contribution is 0.112. The lowest BCUT2D eigenvalue weighted by atomic mass is 9.88. The van der Waals surface area contributed by atoms with Gasteiger partial charge in [0.05, 0.1) is 0 Å². The maximum atomic E-state index is 11.0. The number of carbonyl (C=O) groups excluding carboxylic acids is 1. The van der Waals surface area contributed by atoms with E-state index in [9.17, 15) is 4.79 Å². The van der Waals surface area contributed by atoms with Gasteiger partial charge in [0, 0.05) is 10.6 Å². The second-order valence-corrected chi connectivity index (χ2v) is 4.82. The van der Waals surface area contributed by atoms with Crippen molar-refractivity contribution in [3.8, 4) is 0 Å². The van der Waals surface area contributed by atoms with Gasteiger partial charge in [0.25, 0.3) is 0 Å². The van der Waals surface area contributed by atoms with E-state index in [1.807, 2.05) is 12.1 Å². The van der Waals surface area contributed by atoms with Crippen LogP contribution in [0.1, 0.15) is 48.5 Å². The molecule has 0 N–H and O–H groups in total. The van der Waals surface area contributed by atoms with Crippen molar-refractivity contribution in [2.75, 3.05) is 0 Å². The molecule has 0 aliphatic heterocycles. The quantitative estimate of drug-likeness (QED) is 0.705. The molecular weight excluding hydrogens is 208 g/mol. The van der Waals surface area contributed by atoms with Crippen molar-refractivity contribution in [1.29, 1.82) is 0 Å². The highest BCUT2D eigenvalue weighted by molar-refractivity contribution is 6.30. The van der Waals surface area contributed by atoms with Crippen LogP contribution in [0.15, 0.2) is 18.2 Å². The van der Waals surface area contributed by atoms with E-state index in [0.29, 0.717) is 0 Å². The van der Waals surface area contributed by atoms with E-state index in [-0.39, 0.29) is 5.41 Å². The van der Waals surface area contributed by atoms with Crippen LogP contribution in [-0.2, 0) is 5.41 Å². The smallest absolute Gasteiger partial charge is 0.150 e. The Balaban J connectivity index is 2.41. The van der Waals surface area contributed by atoms with Crippen LogP contribution in [0.25, 0.3) is 0 Å². The summed E-state index contributed by atoms with van der Waals surface area (Å²) in [5.41, 5.74) is 2.23. The van der Waals surface area contributed by atoms with Gasteiger partial charge in [-0.15, -0.1) is 0 Å². The van der Waals surface area contributed by atoms with Gasteiger partial charge in [-0.1, -0.05) is 24.9 Å². The van der Waals surface area contributed by atoms with Crippen molar-refractivity contribution < 1.29 is 4.79 Å². The van der Waals surface area contributed by atoms with Crippen LogP contribution in [-0.4, -0.2) is 6.29 Å². The molecule has 2 heteroatoms. The van der Waals surface area contributed by atoms with Crippen LogP contribution >= 0.6 is 11.6 Å². The molecule has 15 heavy (non-hydrogen) atoms. The van der Waals surface area contributed by atoms with Crippen molar-refractivity contribution >= 4 is 17.9 Å². The van der Waals surface area contributed by atoms with Gasteiger partial charge in [-0.05, 0) is 48.4 Å². The van der Waals surface area contributed by atoms with Gasteiger partial charge in [-0.25, -0.2) is 0 Å². The Morgan fingerprint density at radius 1 is 1.47 bits per heavy atom. The SMILES string of the molecule is CCCC1(c2cc(Cl)ccc2C=O)CC1. The summed E-state index contributed by atoms with van der Waals surface area (Å²) in [6, 6.07) is 5.59. The number of halogens is 1. The Kier molecular flexibility index (Phi) is 2.83. The highest BCUT2D eigenvalue weighted by Gasteiger charge is 2.44. The molecule has 1 nitrogen and oxygen atoms in total. The number of benzene rings is 1. The predicted molar refractivity (Wildman–Crippen MR) is 62.7 cm³/mol. The predicted octanol–water partition coefficient (Wildman–Crippen LogP) is 3.98. The summed E-state index contributed by atoms with van der Waals surface area (Å²) < 4.78 is 0. The van der Waals surface area contributed by atoms with E-state index in [4.69, 9.17) is 11.6 Å². The molecule has 0 unspecified atom stereocenters. The summed E-state index contributed by atoms with van der Waals surface area (Å²) in [6.45, 7) is 2.19. The maximum absolute atomic E-state index is 11.0. The van der Waals surface area contributed by atoms with Crippen LogP contribution < -0.4 is 0 Å². The molecule has 2 rings (SSSR count). The van der Waals surface area contributed by atoms with E-state index >= 15 is 0 Å². The van der Waals surface area contributed by atoms with Crippen molar-refractivity contribution in [2.45, 2.75) is 38.0 Å². The van der Waals surface area contributed by atoms with Gasteiger partial charge >= 0.3 is 0 Å². The molecule has 0 spiro atoms. The minimum absolute atomic E-state index is 0.260. The molecule has 1 aliphatic carbocycles. The molecule has 1 fully saturated rings. The summed E-state index contributed by atoms with van der Waals surface area (Å²) in [6.07, 6.45) is 5.66. The fourth-order valence-corrected chi connectivity index (χ4v) is 2.55. The lowest BCUT2D eigenvalue weighted by Gasteiger charge is -2.16. The van der Waals surface area contributed by atoms with E-state index in [0.717, 1.165) is 35.3 Å². The Hall–Kier alpha value is -0.820. The normalized spacial score (nSPS) is 17.5. The third-order valence-electron chi connectivity index (χ3n) is 3.30. The average Bonchev–Trinajstić information content (AvgIpc) is 2.99. The largest absolute Gasteiger partial charge is 0.298 e. The molecule has 1 saturated carbocycles. The summed E-state index contributed by atoms with van der Waals surface area (Å²) in [5.74, 6) is 0. The Labute approximate surface area is 95.4 Å². The van der Waals surface area contributed by atoms with Crippen LogP contribution in [0.5, 0.6) is 0 Å². The van der Waals surface area contributed by atoms with E-state index in [1.165, 1.54) is 12.8 Å². The first kappa shape index (κ1) is 10.7. The average molecular weight is 223 g/mol. The second kappa shape index (κ2) is 3.97. The van der Waals surface area contributed by atoms with Crippen molar-refractivity contribution in [2.24, 2.45) is 0 Å². The fraction of sp³-hybridized carbons (Fsp3) is 0.462. The first-order valence-electron chi connectivity index (χ1n) is 5.47.